The molecule has 1 unspecified atom stereocenters. The molecule has 21 heavy (non-hydrogen) atoms. The predicted octanol–water partition coefficient (Wildman–Crippen LogP) is 1.38. The highest BCUT2D eigenvalue weighted by Crippen LogP contribution is 2.24. The molecule has 0 spiro atoms. The van der Waals surface area contributed by atoms with Gasteiger partial charge < -0.3 is 15.0 Å². The fraction of sp³-hybridized carbons (Fsp3) is 0.714. The minimum atomic E-state index is -3.57. The van der Waals surface area contributed by atoms with Crippen LogP contribution in [0.1, 0.15) is 45.3 Å². The minimum absolute atomic E-state index is 0.168. The number of nitrogens with one attached hydrogen (secondary N) is 1. The summed E-state index contributed by atoms with van der Waals surface area (Å²) in [4.78, 5) is 0.267. The summed E-state index contributed by atoms with van der Waals surface area (Å²) in [5, 5.41) is 0. The molecular weight excluding hydrogens is 290 g/mol. The van der Waals surface area contributed by atoms with Crippen LogP contribution in [0, 0.1) is 0 Å². The van der Waals surface area contributed by atoms with Crippen molar-refractivity contribution >= 4 is 10.0 Å². The van der Waals surface area contributed by atoms with Crippen LogP contribution in [0.4, 0.5) is 0 Å². The zero-order chi connectivity index (χ0) is 15.7. The lowest BCUT2D eigenvalue weighted by Crippen LogP contribution is -2.51. The maximum atomic E-state index is 12.6. The van der Waals surface area contributed by atoms with E-state index in [1.165, 1.54) is 0 Å². The first-order chi connectivity index (χ1) is 9.77. The highest BCUT2D eigenvalue weighted by Gasteiger charge is 2.33. The molecule has 1 aliphatic rings. The standard InChI is InChI=1S/C14H25N3O3S/c1-11(2)17-9-13(7-12(17)8-15)21(18,19)16-14(3)5-4-6-20-10-14/h7,9,11,16H,4-6,8,10,15H2,1-3H3. The van der Waals surface area contributed by atoms with E-state index in [9.17, 15) is 8.42 Å². The summed E-state index contributed by atoms with van der Waals surface area (Å²) in [6.45, 7) is 7.29. The van der Waals surface area contributed by atoms with Crippen LogP contribution >= 0.6 is 0 Å². The molecule has 7 heteroatoms. The molecule has 0 bridgehead atoms. The molecule has 3 N–H and O–H groups in total. The number of rotatable bonds is 5. The molecule has 0 radical (unpaired) electrons. The maximum absolute atomic E-state index is 12.6. The first-order valence-electron chi connectivity index (χ1n) is 7.30. The Hall–Kier alpha value is -0.890. The normalized spacial score (nSPS) is 23.7. The van der Waals surface area contributed by atoms with Gasteiger partial charge in [-0.15, -0.1) is 0 Å². The van der Waals surface area contributed by atoms with Crippen molar-refractivity contribution in [3.63, 3.8) is 0 Å². The van der Waals surface area contributed by atoms with Gasteiger partial charge in [0.05, 0.1) is 17.0 Å². The zero-order valence-corrected chi connectivity index (χ0v) is 13.7. The number of aromatic nitrogens is 1. The van der Waals surface area contributed by atoms with Gasteiger partial charge in [-0.3, -0.25) is 0 Å². The Morgan fingerprint density at radius 1 is 1.52 bits per heavy atom. The molecule has 1 saturated heterocycles. The Kier molecular flexibility index (Phi) is 4.77. The van der Waals surface area contributed by atoms with Gasteiger partial charge in [0.15, 0.2) is 0 Å². The number of sulfonamides is 1. The fourth-order valence-electron chi connectivity index (χ4n) is 2.69. The van der Waals surface area contributed by atoms with Crippen LogP contribution in [0.3, 0.4) is 0 Å². The van der Waals surface area contributed by atoms with Crippen LogP contribution in [-0.4, -0.2) is 31.7 Å². The maximum Gasteiger partial charge on any atom is 0.242 e. The molecule has 120 valence electrons. The Morgan fingerprint density at radius 2 is 2.24 bits per heavy atom. The van der Waals surface area contributed by atoms with E-state index < -0.39 is 15.6 Å². The first-order valence-corrected chi connectivity index (χ1v) is 8.78. The summed E-state index contributed by atoms with van der Waals surface area (Å²) in [6.07, 6.45) is 3.29. The monoisotopic (exact) mass is 315 g/mol. The number of hydrogen-bond acceptors (Lipinski definition) is 4. The molecule has 2 heterocycles. The second-order valence-electron chi connectivity index (χ2n) is 6.19. The largest absolute Gasteiger partial charge is 0.380 e. The summed E-state index contributed by atoms with van der Waals surface area (Å²) >= 11 is 0. The van der Waals surface area contributed by atoms with Crippen molar-refractivity contribution < 1.29 is 13.2 Å². The molecule has 0 aromatic carbocycles. The lowest BCUT2D eigenvalue weighted by molar-refractivity contribution is 0.0386. The smallest absolute Gasteiger partial charge is 0.242 e. The predicted molar refractivity (Wildman–Crippen MR) is 81.5 cm³/mol. The molecule has 1 aliphatic heterocycles. The molecule has 1 atom stereocenters. The van der Waals surface area contributed by atoms with Crippen LogP contribution < -0.4 is 10.5 Å². The van der Waals surface area contributed by atoms with Gasteiger partial charge in [-0.05, 0) is 39.7 Å². The van der Waals surface area contributed by atoms with Crippen molar-refractivity contribution in [2.45, 2.75) is 56.6 Å². The minimum Gasteiger partial charge on any atom is -0.380 e. The second kappa shape index (κ2) is 6.08. The molecule has 0 amide bonds. The van der Waals surface area contributed by atoms with E-state index in [1.807, 2.05) is 25.3 Å². The van der Waals surface area contributed by atoms with Gasteiger partial charge in [-0.25, -0.2) is 13.1 Å². The molecular formula is C14H25N3O3S. The summed E-state index contributed by atoms with van der Waals surface area (Å²) in [5.41, 5.74) is 5.97. The molecule has 0 aliphatic carbocycles. The summed E-state index contributed by atoms with van der Waals surface area (Å²) in [6, 6.07) is 1.82. The van der Waals surface area contributed by atoms with E-state index in [1.54, 1.807) is 12.3 Å². The third-order valence-electron chi connectivity index (χ3n) is 3.80. The molecule has 1 aromatic heterocycles. The Labute approximate surface area is 126 Å². The number of ether oxygens (including phenoxy) is 1. The van der Waals surface area contributed by atoms with E-state index in [4.69, 9.17) is 10.5 Å². The highest BCUT2D eigenvalue weighted by atomic mass is 32.2. The van der Waals surface area contributed by atoms with Crippen LogP contribution in [0.25, 0.3) is 0 Å². The van der Waals surface area contributed by atoms with Crippen molar-refractivity contribution in [2.24, 2.45) is 5.73 Å². The summed E-state index contributed by atoms with van der Waals surface area (Å²) in [5.74, 6) is 0. The Balaban J connectivity index is 2.27. The molecule has 1 fully saturated rings. The van der Waals surface area contributed by atoms with Gasteiger partial charge in [0.25, 0.3) is 0 Å². The number of nitrogens with zero attached hydrogens (tertiary/aromatic N) is 1. The zero-order valence-electron chi connectivity index (χ0n) is 12.9. The third-order valence-corrected chi connectivity index (χ3v) is 5.41. The van der Waals surface area contributed by atoms with Gasteiger partial charge in [0, 0.05) is 31.1 Å². The van der Waals surface area contributed by atoms with E-state index in [-0.39, 0.29) is 10.9 Å². The molecule has 1 aromatic rings. The summed E-state index contributed by atoms with van der Waals surface area (Å²) in [7, 11) is -3.57. The van der Waals surface area contributed by atoms with E-state index in [0.717, 1.165) is 18.5 Å². The van der Waals surface area contributed by atoms with Crippen LogP contribution in [0.5, 0.6) is 0 Å². The number of nitrogens with two attached hydrogens (primary N) is 1. The van der Waals surface area contributed by atoms with Gasteiger partial charge in [0.2, 0.25) is 10.0 Å². The second-order valence-corrected chi connectivity index (χ2v) is 7.88. The average molecular weight is 315 g/mol. The topological polar surface area (TPSA) is 86.3 Å². The first kappa shape index (κ1) is 16.5. The lowest BCUT2D eigenvalue weighted by Gasteiger charge is -2.33. The van der Waals surface area contributed by atoms with Crippen molar-refractivity contribution in [1.82, 2.24) is 9.29 Å². The van der Waals surface area contributed by atoms with Crippen LogP contribution in [-0.2, 0) is 21.3 Å². The van der Waals surface area contributed by atoms with Crippen molar-refractivity contribution in [2.75, 3.05) is 13.2 Å². The average Bonchev–Trinajstić information content (AvgIpc) is 2.83. The fourth-order valence-corrected chi connectivity index (χ4v) is 4.16. The molecule has 2 rings (SSSR count). The summed E-state index contributed by atoms with van der Waals surface area (Å²) < 4.78 is 35.3. The van der Waals surface area contributed by atoms with Crippen molar-refractivity contribution in [3.8, 4) is 0 Å². The van der Waals surface area contributed by atoms with Crippen LogP contribution in [0.2, 0.25) is 0 Å². The van der Waals surface area contributed by atoms with E-state index in [2.05, 4.69) is 4.72 Å². The van der Waals surface area contributed by atoms with Crippen molar-refractivity contribution in [3.05, 3.63) is 18.0 Å². The van der Waals surface area contributed by atoms with E-state index >= 15 is 0 Å². The number of hydrogen-bond donors (Lipinski definition) is 2. The van der Waals surface area contributed by atoms with Gasteiger partial charge in [0.1, 0.15) is 0 Å². The molecule has 0 saturated carbocycles. The lowest BCUT2D eigenvalue weighted by atomic mass is 9.97. The van der Waals surface area contributed by atoms with Gasteiger partial charge in [-0.2, -0.15) is 0 Å². The third kappa shape index (κ3) is 3.66. The van der Waals surface area contributed by atoms with E-state index in [0.29, 0.717) is 19.8 Å². The van der Waals surface area contributed by atoms with Crippen molar-refractivity contribution in [1.29, 1.82) is 0 Å². The highest BCUT2D eigenvalue weighted by molar-refractivity contribution is 7.89. The van der Waals surface area contributed by atoms with Gasteiger partial charge >= 0.3 is 0 Å². The Bertz CT molecular complexity index is 587. The SMILES string of the molecule is CC(C)n1cc(S(=O)(=O)NC2(C)CCCOC2)cc1CN. The van der Waals surface area contributed by atoms with Gasteiger partial charge in [-0.1, -0.05) is 0 Å². The quantitative estimate of drug-likeness (QED) is 0.859. The van der Waals surface area contributed by atoms with Crippen LogP contribution in [0.15, 0.2) is 17.2 Å². The molecule has 6 nitrogen and oxygen atoms in total. The Morgan fingerprint density at radius 3 is 2.71 bits per heavy atom.